The van der Waals surface area contributed by atoms with Gasteiger partial charge in [-0.1, -0.05) is 6.07 Å². The minimum Gasteiger partial charge on any atom is -0.399 e. The first-order valence-electron chi connectivity index (χ1n) is 4.97. The van der Waals surface area contributed by atoms with E-state index in [1.807, 2.05) is 18.2 Å². The number of nitrogen functional groups attached to an aromatic ring is 1. The Hall–Kier alpha value is -1.71. The molecule has 0 saturated heterocycles. The predicted molar refractivity (Wildman–Crippen MR) is 61.0 cm³/mol. The van der Waals surface area contributed by atoms with E-state index in [1.54, 1.807) is 23.9 Å². The second-order valence-electron chi connectivity index (χ2n) is 3.97. The van der Waals surface area contributed by atoms with Gasteiger partial charge in [0, 0.05) is 26.3 Å². The van der Waals surface area contributed by atoms with Crippen molar-refractivity contribution < 1.29 is 4.79 Å². The quantitative estimate of drug-likeness (QED) is 0.649. The van der Waals surface area contributed by atoms with Gasteiger partial charge in [-0.25, -0.2) is 4.79 Å². The molecule has 0 unspecified atom stereocenters. The Morgan fingerprint density at radius 1 is 1.47 bits per heavy atom. The molecule has 1 aromatic rings. The Labute approximate surface area is 89.3 Å². The van der Waals surface area contributed by atoms with E-state index in [-0.39, 0.29) is 6.03 Å². The zero-order chi connectivity index (χ0) is 11.0. The summed E-state index contributed by atoms with van der Waals surface area (Å²) in [4.78, 5) is 15.2. The van der Waals surface area contributed by atoms with Crippen molar-refractivity contribution in [1.29, 1.82) is 0 Å². The summed E-state index contributed by atoms with van der Waals surface area (Å²) < 4.78 is 0. The Morgan fingerprint density at radius 2 is 2.20 bits per heavy atom. The van der Waals surface area contributed by atoms with Gasteiger partial charge in [0.1, 0.15) is 0 Å². The van der Waals surface area contributed by atoms with E-state index in [2.05, 4.69) is 0 Å². The molecule has 4 nitrogen and oxygen atoms in total. The first-order valence-corrected chi connectivity index (χ1v) is 4.97. The molecular weight excluding hydrogens is 190 g/mol. The highest BCUT2D eigenvalue weighted by Gasteiger charge is 2.25. The molecule has 2 N–H and O–H groups in total. The molecule has 4 heteroatoms. The van der Waals surface area contributed by atoms with E-state index in [0.717, 1.165) is 18.7 Å². The maximum atomic E-state index is 11.8. The van der Waals surface area contributed by atoms with E-state index in [4.69, 9.17) is 5.73 Å². The van der Waals surface area contributed by atoms with E-state index in [0.29, 0.717) is 5.69 Å². The Morgan fingerprint density at radius 3 is 2.87 bits per heavy atom. The Balaban J connectivity index is 2.35. The smallest absolute Gasteiger partial charge is 0.323 e. The number of nitrogens with two attached hydrogens (primary N) is 1. The molecule has 0 bridgehead atoms. The standard InChI is InChI=1S/C11H15N3O/c1-13(2)11(15)14-6-5-8-3-4-9(12)7-10(8)14/h3-4,7H,5-6,12H2,1-2H3. The molecule has 0 fully saturated rings. The second kappa shape index (κ2) is 3.46. The van der Waals surface area contributed by atoms with Gasteiger partial charge in [-0.2, -0.15) is 0 Å². The number of carbonyl (C=O) groups is 1. The zero-order valence-corrected chi connectivity index (χ0v) is 9.03. The summed E-state index contributed by atoms with van der Waals surface area (Å²) in [6.07, 6.45) is 0.912. The molecule has 80 valence electrons. The molecule has 0 radical (unpaired) electrons. The molecule has 0 aliphatic carbocycles. The van der Waals surface area contributed by atoms with Gasteiger partial charge in [0.2, 0.25) is 0 Å². The van der Waals surface area contributed by atoms with E-state index >= 15 is 0 Å². The fourth-order valence-corrected chi connectivity index (χ4v) is 1.84. The summed E-state index contributed by atoms with van der Waals surface area (Å²) in [7, 11) is 3.51. The average Bonchev–Trinajstić information content (AvgIpc) is 2.59. The lowest BCUT2D eigenvalue weighted by molar-refractivity contribution is 0.224. The monoisotopic (exact) mass is 205 g/mol. The van der Waals surface area contributed by atoms with Crippen LogP contribution in [0.1, 0.15) is 5.56 Å². The summed E-state index contributed by atoms with van der Waals surface area (Å²) in [6.45, 7) is 0.746. The number of amides is 2. The van der Waals surface area contributed by atoms with E-state index < -0.39 is 0 Å². The van der Waals surface area contributed by atoms with Crippen molar-refractivity contribution in [2.75, 3.05) is 31.3 Å². The molecule has 0 saturated carbocycles. The number of urea groups is 1. The van der Waals surface area contributed by atoms with Gasteiger partial charge < -0.3 is 10.6 Å². The van der Waals surface area contributed by atoms with Crippen LogP contribution in [-0.2, 0) is 6.42 Å². The number of anilines is 2. The first-order chi connectivity index (χ1) is 7.09. The maximum absolute atomic E-state index is 11.8. The Kier molecular flexibility index (Phi) is 2.26. The van der Waals surface area contributed by atoms with Crippen LogP contribution < -0.4 is 10.6 Å². The number of hydrogen-bond donors (Lipinski definition) is 1. The molecule has 1 aliphatic heterocycles. The maximum Gasteiger partial charge on any atom is 0.323 e. The normalized spacial score (nSPS) is 13.9. The molecule has 0 aromatic heterocycles. The van der Waals surface area contributed by atoms with Crippen molar-refractivity contribution in [3.63, 3.8) is 0 Å². The summed E-state index contributed by atoms with van der Waals surface area (Å²) in [5.41, 5.74) is 8.57. The summed E-state index contributed by atoms with van der Waals surface area (Å²) >= 11 is 0. The van der Waals surface area contributed by atoms with Crippen molar-refractivity contribution in [3.8, 4) is 0 Å². The van der Waals surface area contributed by atoms with Gasteiger partial charge in [0.25, 0.3) is 0 Å². The number of nitrogens with zero attached hydrogens (tertiary/aromatic N) is 2. The fourth-order valence-electron chi connectivity index (χ4n) is 1.84. The van der Waals surface area contributed by atoms with Crippen LogP contribution in [0.5, 0.6) is 0 Å². The SMILES string of the molecule is CN(C)C(=O)N1CCc2ccc(N)cc21. The third-order valence-electron chi connectivity index (χ3n) is 2.62. The highest BCUT2D eigenvalue weighted by molar-refractivity contribution is 5.94. The molecular formula is C11H15N3O. The van der Waals surface area contributed by atoms with E-state index in [1.165, 1.54) is 5.56 Å². The van der Waals surface area contributed by atoms with Crippen LogP contribution in [0.15, 0.2) is 18.2 Å². The van der Waals surface area contributed by atoms with Crippen LogP contribution in [-0.4, -0.2) is 31.6 Å². The van der Waals surface area contributed by atoms with Crippen molar-refractivity contribution in [1.82, 2.24) is 4.90 Å². The zero-order valence-electron chi connectivity index (χ0n) is 9.03. The topological polar surface area (TPSA) is 49.6 Å². The van der Waals surface area contributed by atoms with Crippen LogP contribution in [0.2, 0.25) is 0 Å². The number of hydrogen-bond acceptors (Lipinski definition) is 2. The Bertz CT molecular complexity index is 401. The van der Waals surface area contributed by atoms with Crippen LogP contribution >= 0.6 is 0 Å². The third-order valence-corrected chi connectivity index (χ3v) is 2.62. The lowest BCUT2D eigenvalue weighted by Crippen LogP contribution is -2.38. The first kappa shape index (κ1) is 9.83. The number of rotatable bonds is 0. The highest BCUT2D eigenvalue weighted by Crippen LogP contribution is 2.30. The molecule has 0 spiro atoms. The van der Waals surface area contributed by atoms with Crippen molar-refractivity contribution in [2.45, 2.75) is 6.42 Å². The minimum atomic E-state index is 0.0133. The third kappa shape index (κ3) is 1.63. The van der Waals surface area contributed by atoms with Crippen LogP contribution in [0.4, 0.5) is 16.2 Å². The minimum absolute atomic E-state index is 0.0133. The van der Waals surface area contributed by atoms with Gasteiger partial charge in [-0.3, -0.25) is 4.90 Å². The summed E-state index contributed by atoms with van der Waals surface area (Å²) in [5, 5.41) is 0. The van der Waals surface area contributed by atoms with Gasteiger partial charge in [-0.05, 0) is 24.1 Å². The van der Waals surface area contributed by atoms with Gasteiger partial charge >= 0.3 is 6.03 Å². The molecule has 2 rings (SSSR count). The van der Waals surface area contributed by atoms with Crippen molar-refractivity contribution in [3.05, 3.63) is 23.8 Å². The predicted octanol–water partition coefficient (Wildman–Crippen LogP) is 1.31. The number of benzene rings is 1. The lowest BCUT2D eigenvalue weighted by atomic mass is 10.1. The lowest BCUT2D eigenvalue weighted by Gasteiger charge is -2.22. The van der Waals surface area contributed by atoms with Gasteiger partial charge in [0.15, 0.2) is 0 Å². The van der Waals surface area contributed by atoms with Gasteiger partial charge in [-0.15, -0.1) is 0 Å². The van der Waals surface area contributed by atoms with Crippen LogP contribution in [0.3, 0.4) is 0 Å². The van der Waals surface area contributed by atoms with Crippen molar-refractivity contribution in [2.24, 2.45) is 0 Å². The number of fused-ring (bicyclic) bond motifs is 1. The molecule has 1 aromatic carbocycles. The van der Waals surface area contributed by atoms with Crippen LogP contribution in [0.25, 0.3) is 0 Å². The second-order valence-corrected chi connectivity index (χ2v) is 3.97. The van der Waals surface area contributed by atoms with Crippen molar-refractivity contribution >= 4 is 17.4 Å². The molecule has 1 heterocycles. The van der Waals surface area contributed by atoms with Gasteiger partial charge in [0.05, 0.1) is 5.69 Å². The van der Waals surface area contributed by atoms with Crippen LogP contribution in [0, 0.1) is 0 Å². The average molecular weight is 205 g/mol. The highest BCUT2D eigenvalue weighted by atomic mass is 16.2. The molecule has 1 aliphatic rings. The molecule has 15 heavy (non-hydrogen) atoms. The van der Waals surface area contributed by atoms with E-state index in [9.17, 15) is 4.79 Å². The fraction of sp³-hybridized carbons (Fsp3) is 0.364. The largest absolute Gasteiger partial charge is 0.399 e. The summed E-state index contributed by atoms with van der Waals surface area (Å²) in [5.74, 6) is 0. The summed E-state index contributed by atoms with van der Waals surface area (Å²) in [6, 6.07) is 5.75. The molecule has 0 atom stereocenters. The molecule has 2 amide bonds. The number of carbonyl (C=O) groups excluding carboxylic acids is 1.